The molecular weight excluding hydrogens is 252 g/mol. The van der Waals surface area contributed by atoms with E-state index >= 15 is 0 Å². The fraction of sp³-hybridized carbons (Fsp3) is 0.286. The fourth-order valence-corrected chi connectivity index (χ4v) is 1.89. The summed E-state index contributed by atoms with van der Waals surface area (Å²) in [6, 6.07) is -2.44. The molecule has 11 heteroatoms. The van der Waals surface area contributed by atoms with E-state index in [-0.39, 0.29) is 0 Å². The third-order valence-electron chi connectivity index (χ3n) is 2.67. The molecule has 2 aliphatic rings. The number of hydrogen-bond acceptors (Lipinski definition) is 5. The van der Waals surface area contributed by atoms with Crippen LogP contribution in [0, 0.1) is 0 Å². The molecule has 2 rings (SSSR count). The molecule has 0 radical (unpaired) electrons. The Labute approximate surface area is 97.5 Å². The second kappa shape index (κ2) is 3.09. The molecular formula is C7H6N4O7. The van der Waals surface area contributed by atoms with E-state index in [1.165, 1.54) is 0 Å². The van der Waals surface area contributed by atoms with Gasteiger partial charge in [-0.15, -0.1) is 0 Å². The highest BCUT2D eigenvalue weighted by atomic mass is 16.4. The van der Waals surface area contributed by atoms with E-state index in [1.807, 2.05) is 0 Å². The summed E-state index contributed by atoms with van der Waals surface area (Å²) in [4.78, 5) is 56.3. The summed E-state index contributed by atoms with van der Waals surface area (Å²) in [6.07, 6.45) is 0. The fourth-order valence-electron chi connectivity index (χ4n) is 1.89. The Morgan fingerprint density at radius 1 is 0.889 bits per heavy atom. The van der Waals surface area contributed by atoms with Crippen LogP contribution >= 0.6 is 0 Å². The van der Waals surface area contributed by atoms with E-state index in [0.717, 1.165) is 0 Å². The number of rotatable bonds is 2. The lowest BCUT2D eigenvalue weighted by atomic mass is 9.82. The molecule has 96 valence electrons. The average molecular weight is 258 g/mol. The Kier molecular flexibility index (Phi) is 2.00. The molecule has 0 aliphatic carbocycles. The van der Waals surface area contributed by atoms with Crippen LogP contribution in [0.3, 0.4) is 0 Å². The smallest absolute Gasteiger partial charge is 0.354 e. The van der Waals surface area contributed by atoms with Gasteiger partial charge in [0.2, 0.25) is 0 Å². The molecule has 2 atom stereocenters. The van der Waals surface area contributed by atoms with Crippen LogP contribution in [0.15, 0.2) is 0 Å². The van der Waals surface area contributed by atoms with Gasteiger partial charge in [0.25, 0.3) is 17.1 Å². The van der Waals surface area contributed by atoms with Crippen molar-refractivity contribution in [2.45, 2.75) is 11.2 Å². The van der Waals surface area contributed by atoms with Gasteiger partial charge >= 0.3 is 24.0 Å². The van der Waals surface area contributed by atoms with Gasteiger partial charge in [-0.05, 0) is 0 Å². The Hall–Kier alpha value is -2.85. The summed E-state index contributed by atoms with van der Waals surface area (Å²) in [5.41, 5.74) is -5.64. The number of hydrogen-bond donors (Lipinski definition) is 6. The van der Waals surface area contributed by atoms with E-state index in [1.54, 1.807) is 21.3 Å². The number of carboxylic acid groups (broad SMARTS) is 2. The Morgan fingerprint density at radius 2 is 1.44 bits per heavy atom. The van der Waals surface area contributed by atoms with Crippen LogP contribution in [0.5, 0.6) is 0 Å². The number of nitrogens with one attached hydrogen (secondary N) is 4. The van der Waals surface area contributed by atoms with Crippen LogP contribution in [-0.2, 0) is 14.4 Å². The van der Waals surface area contributed by atoms with Crippen molar-refractivity contribution >= 4 is 29.9 Å². The van der Waals surface area contributed by atoms with E-state index in [0.29, 0.717) is 0 Å². The molecule has 2 fully saturated rings. The number of amides is 5. The highest BCUT2D eigenvalue weighted by Crippen LogP contribution is 2.29. The van der Waals surface area contributed by atoms with E-state index in [4.69, 9.17) is 10.2 Å². The van der Waals surface area contributed by atoms with E-state index < -0.39 is 41.1 Å². The van der Waals surface area contributed by atoms with Crippen molar-refractivity contribution in [3.05, 3.63) is 0 Å². The molecule has 0 spiro atoms. The highest BCUT2D eigenvalue weighted by Gasteiger charge is 2.75. The maximum absolute atomic E-state index is 11.6. The zero-order valence-corrected chi connectivity index (χ0v) is 8.44. The largest absolute Gasteiger partial charge is 0.479 e. The van der Waals surface area contributed by atoms with Gasteiger partial charge in [-0.3, -0.25) is 10.1 Å². The van der Waals surface area contributed by atoms with Gasteiger partial charge in [0.05, 0.1) is 0 Å². The first-order valence-corrected chi connectivity index (χ1v) is 4.47. The molecule has 0 aromatic heterocycles. The molecule has 0 aromatic rings. The lowest BCUT2D eigenvalue weighted by Gasteiger charge is -2.39. The molecule has 11 nitrogen and oxygen atoms in total. The summed E-state index contributed by atoms with van der Waals surface area (Å²) in [6.45, 7) is 0. The van der Waals surface area contributed by atoms with Crippen molar-refractivity contribution in [1.82, 2.24) is 21.3 Å². The number of carbonyl (C=O) groups is 5. The summed E-state index contributed by atoms with van der Waals surface area (Å²) in [5, 5.41) is 24.9. The SMILES string of the molecule is O=C1NC(=O)C2(C(=O)O)NC(=O)NC2(C(=O)O)N1. The minimum Gasteiger partial charge on any atom is -0.479 e. The standard InChI is InChI=1S/C7H6N4O7/c12-1-6(2(13)14)7(3(15)16,10-4(17)8-1)11-5(18)9-6/h(H,13,14)(H,15,16)(H2,9,11,18)(H2,8,10,12,17). The maximum Gasteiger partial charge on any atom is 0.354 e. The maximum atomic E-state index is 11.6. The predicted molar refractivity (Wildman–Crippen MR) is 49.1 cm³/mol. The van der Waals surface area contributed by atoms with Crippen molar-refractivity contribution in [2.75, 3.05) is 0 Å². The molecule has 2 saturated heterocycles. The minimum absolute atomic E-state index is 1.21. The number of imide groups is 1. The van der Waals surface area contributed by atoms with Crippen LogP contribution < -0.4 is 21.3 Å². The van der Waals surface area contributed by atoms with Crippen LogP contribution in [0.2, 0.25) is 0 Å². The number of fused-ring (bicyclic) bond motifs is 1. The van der Waals surface area contributed by atoms with Gasteiger partial charge in [-0.1, -0.05) is 0 Å². The molecule has 0 bridgehead atoms. The zero-order valence-electron chi connectivity index (χ0n) is 8.44. The molecule has 6 N–H and O–H groups in total. The van der Waals surface area contributed by atoms with Crippen molar-refractivity contribution in [1.29, 1.82) is 0 Å². The summed E-state index contributed by atoms with van der Waals surface area (Å²) in [5.74, 6) is -5.29. The lowest BCUT2D eigenvalue weighted by Crippen LogP contribution is -2.85. The predicted octanol–water partition coefficient (Wildman–Crippen LogP) is -3.26. The second-order valence-corrected chi connectivity index (χ2v) is 3.60. The lowest BCUT2D eigenvalue weighted by molar-refractivity contribution is -0.165. The normalized spacial score (nSPS) is 33.7. The number of aliphatic carboxylic acids is 2. The summed E-state index contributed by atoms with van der Waals surface area (Å²) >= 11 is 0. The molecule has 0 saturated carbocycles. The van der Waals surface area contributed by atoms with Crippen molar-refractivity contribution in [2.24, 2.45) is 0 Å². The number of urea groups is 2. The van der Waals surface area contributed by atoms with Crippen molar-refractivity contribution in [3.8, 4) is 0 Å². The van der Waals surface area contributed by atoms with Gasteiger partial charge in [-0.25, -0.2) is 19.2 Å². The minimum atomic E-state index is -2.86. The molecule has 5 amide bonds. The monoisotopic (exact) mass is 258 g/mol. The third kappa shape index (κ3) is 1.04. The molecule has 18 heavy (non-hydrogen) atoms. The Morgan fingerprint density at radius 3 is 1.94 bits per heavy atom. The molecule has 2 unspecified atom stereocenters. The van der Waals surface area contributed by atoms with Crippen LogP contribution in [0.1, 0.15) is 0 Å². The van der Waals surface area contributed by atoms with Crippen molar-refractivity contribution < 1.29 is 34.2 Å². The van der Waals surface area contributed by atoms with Gasteiger partial charge in [0, 0.05) is 0 Å². The van der Waals surface area contributed by atoms with Crippen LogP contribution in [-0.4, -0.2) is 51.3 Å². The first kappa shape index (κ1) is 11.6. The van der Waals surface area contributed by atoms with E-state index in [9.17, 15) is 24.0 Å². The molecule has 2 heterocycles. The van der Waals surface area contributed by atoms with Crippen molar-refractivity contribution in [3.63, 3.8) is 0 Å². The first-order chi connectivity index (χ1) is 8.26. The topological polar surface area (TPSA) is 174 Å². The molecule has 2 aliphatic heterocycles. The van der Waals surface area contributed by atoms with Gasteiger partial charge in [0.1, 0.15) is 0 Å². The van der Waals surface area contributed by atoms with Crippen LogP contribution in [0.4, 0.5) is 9.59 Å². The quantitative estimate of drug-likeness (QED) is 0.282. The van der Waals surface area contributed by atoms with Gasteiger partial charge < -0.3 is 26.2 Å². The Balaban J connectivity index is 2.71. The zero-order chi connectivity index (χ0) is 13.7. The number of carbonyl (C=O) groups excluding carboxylic acids is 3. The van der Waals surface area contributed by atoms with Gasteiger partial charge in [0.15, 0.2) is 0 Å². The average Bonchev–Trinajstić information content (AvgIpc) is 2.52. The van der Waals surface area contributed by atoms with Crippen LogP contribution in [0.25, 0.3) is 0 Å². The van der Waals surface area contributed by atoms with Gasteiger partial charge in [-0.2, -0.15) is 0 Å². The highest BCUT2D eigenvalue weighted by molar-refractivity contribution is 6.23. The summed E-state index contributed by atoms with van der Waals surface area (Å²) in [7, 11) is 0. The molecule has 0 aromatic carbocycles. The first-order valence-electron chi connectivity index (χ1n) is 4.47. The summed E-state index contributed by atoms with van der Waals surface area (Å²) < 4.78 is 0. The van der Waals surface area contributed by atoms with E-state index in [2.05, 4.69) is 0 Å². The number of carboxylic acids is 2. The Bertz CT molecular complexity index is 516. The second-order valence-electron chi connectivity index (χ2n) is 3.60. The third-order valence-corrected chi connectivity index (χ3v) is 2.67.